The molecule has 2 rings (SSSR count). The van der Waals surface area contributed by atoms with E-state index in [1.54, 1.807) is 0 Å². The Morgan fingerprint density at radius 2 is 2.05 bits per heavy atom. The van der Waals surface area contributed by atoms with E-state index >= 15 is 0 Å². The van der Waals surface area contributed by atoms with E-state index in [-0.39, 0.29) is 5.91 Å². The van der Waals surface area contributed by atoms with E-state index in [0.717, 1.165) is 18.4 Å². The minimum atomic E-state index is -0.976. The van der Waals surface area contributed by atoms with E-state index in [4.69, 9.17) is 5.73 Å². The van der Waals surface area contributed by atoms with Crippen molar-refractivity contribution in [2.45, 2.75) is 37.8 Å². The van der Waals surface area contributed by atoms with Crippen LogP contribution in [0.1, 0.15) is 24.8 Å². The zero-order valence-electron chi connectivity index (χ0n) is 11.4. The normalized spacial score (nSPS) is 21.4. The number of hydrogen-bond donors (Lipinski definition) is 2. The maximum absolute atomic E-state index is 12.2. The number of hydrogen-bond acceptors (Lipinski definition) is 3. The summed E-state index contributed by atoms with van der Waals surface area (Å²) in [5, 5.41) is 9.45. The smallest absolute Gasteiger partial charge is 0.326 e. The van der Waals surface area contributed by atoms with Crippen molar-refractivity contribution in [2.24, 2.45) is 5.73 Å². The minimum absolute atomic E-state index is 0.245. The summed E-state index contributed by atoms with van der Waals surface area (Å²) < 4.78 is 0. The SMILES string of the molecule is NC1CCCCN(C(Cc2ccccc2)C(=O)O)C1=O. The predicted molar refractivity (Wildman–Crippen MR) is 75.1 cm³/mol. The lowest BCUT2D eigenvalue weighted by Crippen LogP contribution is -2.51. The number of nitrogens with two attached hydrogens (primary N) is 1. The second-order valence-corrected chi connectivity index (χ2v) is 5.18. The minimum Gasteiger partial charge on any atom is -0.480 e. The van der Waals surface area contributed by atoms with Crippen LogP contribution >= 0.6 is 0 Å². The van der Waals surface area contributed by atoms with E-state index in [9.17, 15) is 14.7 Å². The second-order valence-electron chi connectivity index (χ2n) is 5.18. The second kappa shape index (κ2) is 6.52. The standard InChI is InChI=1S/C15H20N2O3/c16-12-8-4-5-9-17(14(12)18)13(15(19)20)10-11-6-2-1-3-7-11/h1-3,6-7,12-13H,4-5,8-10,16H2,(H,19,20). The van der Waals surface area contributed by atoms with Gasteiger partial charge in [0, 0.05) is 13.0 Å². The number of nitrogens with zero attached hydrogens (tertiary/aromatic N) is 1. The van der Waals surface area contributed by atoms with Crippen LogP contribution in [0.4, 0.5) is 0 Å². The number of aliphatic carboxylic acids is 1. The molecule has 5 heteroatoms. The number of benzene rings is 1. The number of likely N-dealkylation sites (tertiary alicyclic amines) is 1. The average Bonchev–Trinajstić information content (AvgIpc) is 2.60. The van der Waals surface area contributed by atoms with Crippen LogP contribution in [0.3, 0.4) is 0 Å². The van der Waals surface area contributed by atoms with Crippen LogP contribution in [0.25, 0.3) is 0 Å². The third kappa shape index (κ3) is 3.36. The number of amides is 1. The van der Waals surface area contributed by atoms with Gasteiger partial charge < -0.3 is 15.7 Å². The first kappa shape index (κ1) is 14.5. The van der Waals surface area contributed by atoms with Gasteiger partial charge in [-0.2, -0.15) is 0 Å². The third-order valence-corrected chi connectivity index (χ3v) is 3.70. The van der Waals surface area contributed by atoms with E-state index in [0.29, 0.717) is 19.4 Å². The Morgan fingerprint density at radius 3 is 2.70 bits per heavy atom. The summed E-state index contributed by atoms with van der Waals surface area (Å²) in [6.45, 7) is 0.469. The summed E-state index contributed by atoms with van der Waals surface area (Å²) in [5.41, 5.74) is 6.72. The lowest BCUT2D eigenvalue weighted by atomic mass is 10.0. The third-order valence-electron chi connectivity index (χ3n) is 3.70. The number of carboxylic acid groups (broad SMARTS) is 1. The van der Waals surface area contributed by atoms with Gasteiger partial charge in [-0.3, -0.25) is 4.79 Å². The summed E-state index contributed by atoms with van der Waals surface area (Å²) in [7, 11) is 0. The summed E-state index contributed by atoms with van der Waals surface area (Å²) in [6.07, 6.45) is 2.61. The van der Waals surface area contributed by atoms with Crippen molar-refractivity contribution in [3.63, 3.8) is 0 Å². The molecule has 0 spiro atoms. The largest absolute Gasteiger partial charge is 0.480 e. The highest BCUT2D eigenvalue weighted by atomic mass is 16.4. The molecule has 108 valence electrons. The molecule has 0 saturated carbocycles. The van der Waals surface area contributed by atoms with Crippen molar-refractivity contribution in [3.05, 3.63) is 35.9 Å². The summed E-state index contributed by atoms with van der Waals surface area (Å²) in [4.78, 5) is 25.2. The molecule has 1 heterocycles. The molecule has 1 aromatic rings. The van der Waals surface area contributed by atoms with E-state index < -0.39 is 18.1 Å². The van der Waals surface area contributed by atoms with Crippen molar-refractivity contribution in [3.8, 4) is 0 Å². The van der Waals surface area contributed by atoms with Crippen molar-refractivity contribution in [2.75, 3.05) is 6.54 Å². The molecule has 2 unspecified atom stereocenters. The fraction of sp³-hybridized carbons (Fsp3) is 0.467. The van der Waals surface area contributed by atoms with Gasteiger partial charge in [0.05, 0.1) is 6.04 Å². The molecular formula is C15H20N2O3. The highest BCUT2D eigenvalue weighted by Gasteiger charge is 2.33. The Hall–Kier alpha value is -1.88. The highest BCUT2D eigenvalue weighted by molar-refractivity contribution is 5.87. The monoisotopic (exact) mass is 276 g/mol. The van der Waals surface area contributed by atoms with E-state index in [1.807, 2.05) is 30.3 Å². The number of carbonyl (C=O) groups is 2. The van der Waals surface area contributed by atoms with Gasteiger partial charge >= 0.3 is 5.97 Å². The van der Waals surface area contributed by atoms with Gasteiger partial charge in [0.1, 0.15) is 6.04 Å². The molecule has 1 aliphatic heterocycles. The van der Waals surface area contributed by atoms with E-state index in [1.165, 1.54) is 4.90 Å². The maximum atomic E-state index is 12.2. The molecule has 0 bridgehead atoms. The van der Waals surface area contributed by atoms with Gasteiger partial charge in [0.25, 0.3) is 0 Å². The van der Waals surface area contributed by atoms with Crippen LogP contribution in [0.5, 0.6) is 0 Å². The quantitative estimate of drug-likeness (QED) is 0.860. The number of carboxylic acids is 1. The fourth-order valence-electron chi connectivity index (χ4n) is 2.57. The molecule has 20 heavy (non-hydrogen) atoms. The molecule has 0 radical (unpaired) electrons. The molecule has 2 atom stereocenters. The number of rotatable bonds is 4. The van der Waals surface area contributed by atoms with Crippen LogP contribution in [-0.4, -0.2) is 40.5 Å². The van der Waals surface area contributed by atoms with Crippen molar-refractivity contribution in [1.82, 2.24) is 4.90 Å². The van der Waals surface area contributed by atoms with Gasteiger partial charge in [-0.15, -0.1) is 0 Å². The molecule has 1 aromatic carbocycles. The Morgan fingerprint density at radius 1 is 1.35 bits per heavy atom. The number of carbonyl (C=O) groups excluding carboxylic acids is 1. The Kier molecular flexibility index (Phi) is 4.74. The van der Waals surface area contributed by atoms with Crippen molar-refractivity contribution in [1.29, 1.82) is 0 Å². The predicted octanol–water partition coefficient (Wildman–Crippen LogP) is 1.02. The molecule has 1 amide bonds. The van der Waals surface area contributed by atoms with Gasteiger partial charge in [-0.25, -0.2) is 4.79 Å². The first-order valence-corrected chi connectivity index (χ1v) is 6.92. The van der Waals surface area contributed by atoms with Crippen LogP contribution < -0.4 is 5.73 Å². The highest BCUT2D eigenvalue weighted by Crippen LogP contribution is 2.17. The first-order valence-electron chi connectivity index (χ1n) is 6.92. The van der Waals surface area contributed by atoms with Crippen LogP contribution in [-0.2, 0) is 16.0 Å². The van der Waals surface area contributed by atoms with E-state index in [2.05, 4.69) is 0 Å². The Balaban J connectivity index is 2.19. The molecule has 3 N–H and O–H groups in total. The molecule has 1 fully saturated rings. The molecule has 0 aromatic heterocycles. The lowest BCUT2D eigenvalue weighted by molar-refractivity contribution is -0.150. The Labute approximate surface area is 118 Å². The fourth-order valence-corrected chi connectivity index (χ4v) is 2.57. The van der Waals surface area contributed by atoms with Crippen molar-refractivity contribution < 1.29 is 14.7 Å². The topological polar surface area (TPSA) is 83.6 Å². The molecule has 1 aliphatic rings. The van der Waals surface area contributed by atoms with Gasteiger partial charge in [0.15, 0.2) is 0 Å². The summed E-state index contributed by atoms with van der Waals surface area (Å²) in [6, 6.07) is 7.95. The van der Waals surface area contributed by atoms with Crippen LogP contribution in [0, 0.1) is 0 Å². The van der Waals surface area contributed by atoms with Crippen molar-refractivity contribution >= 4 is 11.9 Å². The molecule has 0 aliphatic carbocycles. The van der Waals surface area contributed by atoms with Gasteiger partial charge in [-0.05, 0) is 24.8 Å². The van der Waals surface area contributed by atoms with Crippen LogP contribution in [0.15, 0.2) is 30.3 Å². The van der Waals surface area contributed by atoms with Gasteiger partial charge in [0.2, 0.25) is 5.91 Å². The maximum Gasteiger partial charge on any atom is 0.326 e. The zero-order valence-corrected chi connectivity index (χ0v) is 11.4. The molecule has 5 nitrogen and oxygen atoms in total. The lowest BCUT2D eigenvalue weighted by Gasteiger charge is -2.29. The summed E-state index contributed by atoms with van der Waals surface area (Å²) >= 11 is 0. The summed E-state index contributed by atoms with van der Waals surface area (Å²) in [5.74, 6) is -1.22. The first-order chi connectivity index (χ1) is 9.59. The molecule has 1 saturated heterocycles. The average molecular weight is 276 g/mol. The van der Waals surface area contributed by atoms with Crippen LogP contribution in [0.2, 0.25) is 0 Å². The Bertz CT molecular complexity index is 475. The molecular weight excluding hydrogens is 256 g/mol. The van der Waals surface area contributed by atoms with Gasteiger partial charge in [-0.1, -0.05) is 30.3 Å². The zero-order chi connectivity index (χ0) is 14.5.